The van der Waals surface area contributed by atoms with Gasteiger partial charge in [-0.15, -0.1) is 0 Å². The van der Waals surface area contributed by atoms with Gasteiger partial charge in [-0.05, 0) is 162 Å². The molecular weight excluding hydrogens is 581 g/mol. The SMILES string of the molecule is C1=C(C2CCCC(C3CCCC(N4C5CCCCC5C5C6C7CCCCC7N(C7CCC8CCCCC8C7)C6CCC54)C3)C2)CCCC1. The Bertz CT molecular complexity index is 1140. The number of likely N-dealkylation sites (tertiary alicyclic amines) is 2. The molecule has 0 amide bonds. The zero-order chi connectivity index (χ0) is 31.6. The van der Waals surface area contributed by atoms with Crippen molar-refractivity contribution in [2.24, 2.45) is 53.3 Å². The minimum atomic E-state index is 0.927. The molecule has 10 rings (SSSR count). The fourth-order valence-electron chi connectivity index (χ4n) is 16.8. The number of fused-ring (bicyclic) bond motifs is 8. The molecule has 2 aliphatic heterocycles. The largest absolute Gasteiger partial charge is 0.294 e. The Morgan fingerprint density at radius 3 is 1.65 bits per heavy atom. The van der Waals surface area contributed by atoms with Crippen LogP contribution in [-0.4, -0.2) is 46.1 Å². The third-order valence-corrected chi connectivity index (χ3v) is 18.4. The molecule has 7 saturated carbocycles. The van der Waals surface area contributed by atoms with Gasteiger partial charge in [-0.2, -0.15) is 0 Å². The van der Waals surface area contributed by atoms with Crippen molar-refractivity contribution >= 4 is 0 Å². The fourth-order valence-corrected chi connectivity index (χ4v) is 16.8. The number of hydrogen-bond donors (Lipinski definition) is 0. The molecule has 2 heteroatoms. The highest BCUT2D eigenvalue weighted by atomic mass is 15.3. The van der Waals surface area contributed by atoms with Crippen molar-refractivity contribution in [3.8, 4) is 0 Å². The van der Waals surface area contributed by atoms with Gasteiger partial charge in [0.15, 0.2) is 0 Å². The normalized spacial score (nSPS) is 51.6. The third kappa shape index (κ3) is 5.68. The quantitative estimate of drug-likeness (QED) is 0.278. The van der Waals surface area contributed by atoms with E-state index in [1.807, 2.05) is 5.57 Å². The van der Waals surface area contributed by atoms with Crippen LogP contribution in [-0.2, 0) is 0 Å². The first-order valence-corrected chi connectivity index (χ1v) is 23.1. The Hall–Kier alpha value is -0.340. The zero-order valence-corrected chi connectivity index (χ0v) is 31.1. The Kier molecular flexibility index (Phi) is 9.36. The average molecular weight is 655 g/mol. The van der Waals surface area contributed by atoms with Gasteiger partial charge in [0.25, 0.3) is 0 Å². The standard InChI is InChI=1S/C46H74N2/c1-2-12-31(13-3-1)33-16-10-17-34(28-33)36-18-11-19-37(30-36)47-41-22-8-6-20-39(41)45-43(47)26-27-44-46(45)40-21-7-9-23-42(40)48(44)38-25-24-32-14-4-5-15-35(32)29-38/h12,32-46H,1-11,13-30H2. The Balaban J connectivity index is 0.894. The molecule has 0 aromatic heterocycles. The summed E-state index contributed by atoms with van der Waals surface area (Å²) in [6, 6.07) is 5.70. The van der Waals surface area contributed by atoms with E-state index in [9.17, 15) is 0 Å². The van der Waals surface area contributed by atoms with Crippen LogP contribution in [0.1, 0.15) is 186 Å². The van der Waals surface area contributed by atoms with Crippen LogP contribution < -0.4 is 0 Å². The molecule has 15 atom stereocenters. The monoisotopic (exact) mass is 655 g/mol. The molecule has 0 aromatic rings. The molecule has 48 heavy (non-hydrogen) atoms. The van der Waals surface area contributed by atoms with Crippen LogP contribution in [0.4, 0.5) is 0 Å². The van der Waals surface area contributed by atoms with E-state index in [1.165, 1.54) is 64.2 Å². The first kappa shape index (κ1) is 32.3. The fraction of sp³-hybridized carbons (Fsp3) is 0.957. The van der Waals surface area contributed by atoms with Crippen molar-refractivity contribution in [1.29, 1.82) is 0 Å². The summed E-state index contributed by atoms with van der Waals surface area (Å²) in [6.07, 6.45) is 47.4. The molecule has 268 valence electrons. The molecule has 10 aliphatic rings. The highest BCUT2D eigenvalue weighted by molar-refractivity contribution is 5.17. The molecule has 15 unspecified atom stereocenters. The average Bonchev–Trinajstić information content (AvgIpc) is 3.68. The lowest BCUT2D eigenvalue weighted by molar-refractivity contribution is -0.00202. The lowest BCUT2D eigenvalue weighted by Gasteiger charge is -2.50. The number of nitrogens with zero attached hydrogens (tertiary/aromatic N) is 2. The first-order chi connectivity index (χ1) is 23.8. The molecular formula is C46H74N2. The van der Waals surface area contributed by atoms with E-state index in [0.29, 0.717) is 0 Å². The van der Waals surface area contributed by atoms with E-state index < -0.39 is 0 Å². The molecule has 2 saturated heterocycles. The lowest BCUT2D eigenvalue weighted by atomic mass is 9.61. The van der Waals surface area contributed by atoms with Crippen LogP contribution in [0.25, 0.3) is 0 Å². The predicted molar refractivity (Wildman–Crippen MR) is 200 cm³/mol. The van der Waals surface area contributed by atoms with Crippen molar-refractivity contribution in [3.63, 3.8) is 0 Å². The summed E-state index contributed by atoms with van der Waals surface area (Å²) in [5, 5.41) is 0. The number of hydrogen-bond acceptors (Lipinski definition) is 2. The van der Waals surface area contributed by atoms with Crippen LogP contribution in [0.3, 0.4) is 0 Å². The molecule has 0 bridgehead atoms. The van der Waals surface area contributed by atoms with E-state index >= 15 is 0 Å². The van der Waals surface area contributed by atoms with Gasteiger partial charge in [0.2, 0.25) is 0 Å². The van der Waals surface area contributed by atoms with Crippen LogP contribution in [0.15, 0.2) is 11.6 Å². The summed E-state index contributed by atoms with van der Waals surface area (Å²) < 4.78 is 0. The Morgan fingerprint density at radius 2 is 0.958 bits per heavy atom. The van der Waals surface area contributed by atoms with E-state index in [1.54, 1.807) is 122 Å². The van der Waals surface area contributed by atoms with Crippen LogP contribution in [0.5, 0.6) is 0 Å². The second kappa shape index (κ2) is 13.9. The maximum atomic E-state index is 3.41. The van der Waals surface area contributed by atoms with Gasteiger partial charge < -0.3 is 0 Å². The summed E-state index contributed by atoms with van der Waals surface area (Å²) in [5.41, 5.74) is 1.90. The maximum absolute atomic E-state index is 3.41. The summed E-state index contributed by atoms with van der Waals surface area (Å²) in [5.74, 6) is 9.41. The third-order valence-electron chi connectivity index (χ3n) is 18.4. The predicted octanol–water partition coefficient (Wildman–Crippen LogP) is 11.7. The van der Waals surface area contributed by atoms with Gasteiger partial charge in [-0.3, -0.25) is 9.80 Å². The molecule has 2 nitrogen and oxygen atoms in total. The Labute approximate surface area is 296 Å². The van der Waals surface area contributed by atoms with Gasteiger partial charge in [-0.25, -0.2) is 0 Å². The second-order valence-electron chi connectivity index (χ2n) is 20.3. The van der Waals surface area contributed by atoms with E-state index in [4.69, 9.17) is 0 Å². The molecule has 8 aliphatic carbocycles. The van der Waals surface area contributed by atoms with E-state index in [0.717, 1.165) is 89.5 Å². The second-order valence-corrected chi connectivity index (χ2v) is 20.3. The van der Waals surface area contributed by atoms with Crippen LogP contribution >= 0.6 is 0 Å². The van der Waals surface area contributed by atoms with Crippen molar-refractivity contribution in [2.75, 3.05) is 0 Å². The molecule has 0 radical (unpaired) electrons. The van der Waals surface area contributed by atoms with Gasteiger partial charge in [0, 0.05) is 36.3 Å². The highest BCUT2D eigenvalue weighted by Crippen LogP contribution is 2.62. The van der Waals surface area contributed by atoms with Gasteiger partial charge in [0.1, 0.15) is 0 Å². The van der Waals surface area contributed by atoms with Crippen molar-refractivity contribution < 1.29 is 0 Å². The van der Waals surface area contributed by atoms with E-state index in [-0.39, 0.29) is 0 Å². The number of allylic oxidation sites excluding steroid dienone is 2. The van der Waals surface area contributed by atoms with Crippen molar-refractivity contribution in [2.45, 2.75) is 222 Å². The topological polar surface area (TPSA) is 6.48 Å². The van der Waals surface area contributed by atoms with Gasteiger partial charge >= 0.3 is 0 Å². The Morgan fingerprint density at radius 1 is 0.396 bits per heavy atom. The molecule has 2 heterocycles. The lowest BCUT2D eigenvalue weighted by Crippen LogP contribution is -2.54. The molecule has 0 aromatic carbocycles. The van der Waals surface area contributed by atoms with Gasteiger partial charge in [0.05, 0.1) is 0 Å². The van der Waals surface area contributed by atoms with Crippen molar-refractivity contribution in [1.82, 2.24) is 9.80 Å². The minimum absolute atomic E-state index is 0.927. The van der Waals surface area contributed by atoms with E-state index in [2.05, 4.69) is 15.9 Å². The zero-order valence-electron chi connectivity index (χ0n) is 31.1. The molecule has 9 fully saturated rings. The smallest absolute Gasteiger partial charge is 0.0137 e. The summed E-state index contributed by atoms with van der Waals surface area (Å²) >= 11 is 0. The summed E-state index contributed by atoms with van der Waals surface area (Å²) in [6.45, 7) is 0. The number of rotatable bonds is 4. The maximum Gasteiger partial charge on any atom is 0.0137 e. The first-order valence-electron chi connectivity index (χ1n) is 23.1. The molecule has 0 N–H and O–H groups in total. The minimum Gasteiger partial charge on any atom is -0.294 e. The highest BCUT2D eigenvalue weighted by Gasteiger charge is 2.63. The molecule has 0 spiro atoms. The van der Waals surface area contributed by atoms with Crippen molar-refractivity contribution in [3.05, 3.63) is 11.6 Å². The summed E-state index contributed by atoms with van der Waals surface area (Å²) in [7, 11) is 0. The van der Waals surface area contributed by atoms with Crippen LogP contribution in [0.2, 0.25) is 0 Å². The van der Waals surface area contributed by atoms with Crippen LogP contribution in [0, 0.1) is 53.3 Å². The summed E-state index contributed by atoms with van der Waals surface area (Å²) in [4.78, 5) is 6.79. The van der Waals surface area contributed by atoms with Gasteiger partial charge in [-0.1, -0.05) is 88.7 Å².